The van der Waals surface area contributed by atoms with Crippen LogP contribution in [0, 0.1) is 5.82 Å². The molecule has 1 saturated heterocycles. The van der Waals surface area contributed by atoms with Gasteiger partial charge in [0.05, 0.1) is 12.2 Å². The van der Waals surface area contributed by atoms with E-state index in [1.807, 2.05) is 0 Å². The van der Waals surface area contributed by atoms with E-state index >= 15 is 0 Å². The number of ether oxygens (including phenoxy) is 1. The van der Waals surface area contributed by atoms with Gasteiger partial charge in [-0.1, -0.05) is 12.1 Å². The van der Waals surface area contributed by atoms with Crippen molar-refractivity contribution in [3.63, 3.8) is 0 Å². The fourth-order valence-electron chi connectivity index (χ4n) is 2.61. The third-order valence-corrected chi connectivity index (χ3v) is 3.88. The summed E-state index contributed by atoms with van der Waals surface area (Å²) in [7, 11) is 0. The molecule has 0 bridgehead atoms. The molecule has 1 unspecified atom stereocenters. The lowest BCUT2D eigenvalue weighted by Gasteiger charge is -2.33. The van der Waals surface area contributed by atoms with Gasteiger partial charge in [-0.2, -0.15) is 0 Å². The van der Waals surface area contributed by atoms with Gasteiger partial charge in [0.25, 0.3) is 0 Å². The van der Waals surface area contributed by atoms with Crippen molar-refractivity contribution in [2.75, 3.05) is 32.8 Å². The van der Waals surface area contributed by atoms with E-state index < -0.39 is 6.10 Å². The van der Waals surface area contributed by atoms with Crippen LogP contribution in [0.25, 0.3) is 0 Å². The van der Waals surface area contributed by atoms with Crippen LogP contribution >= 0.6 is 0 Å². The van der Waals surface area contributed by atoms with Gasteiger partial charge in [-0.3, -0.25) is 0 Å². The van der Waals surface area contributed by atoms with E-state index in [2.05, 4.69) is 4.90 Å². The summed E-state index contributed by atoms with van der Waals surface area (Å²) in [4.78, 5) is 2.21. The summed E-state index contributed by atoms with van der Waals surface area (Å²) in [5, 5.41) is 18.9. The monoisotopic (exact) mass is 297 g/mol. The lowest BCUT2D eigenvalue weighted by molar-refractivity contribution is -0.00650. The topological polar surface area (TPSA) is 52.9 Å². The standard InChI is InChI=1S/C16H24FNO3/c17-14-4-2-13(3-5-14)16(20)12-18-8-6-15(7-9-18)21-11-1-10-19/h2-5,15-16,19-20H,1,6-12H2. The van der Waals surface area contributed by atoms with E-state index in [9.17, 15) is 9.50 Å². The number of aliphatic hydroxyl groups is 2. The Labute approximate surface area is 125 Å². The normalized spacial score (nSPS) is 18.8. The predicted molar refractivity (Wildman–Crippen MR) is 78.5 cm³/mol. The van der Waals surface area contributed by atoms with Gasteiger partial charge in [0.15, 0.2) is 0 Å². The van der Waals surface area contributed by atoms with Gasteiger partial charge in [-0.15, -0.1) is 0 Å². The number of halogens is 1. The zero-order chi connectivity index (χ0) is 15.1. The summed E-state index contributed by atoms with van der Waals surface area (Å²) in [5.41, 5.74) is 0.748. The van der Waals surface area contributed by atoms with Crippen LogP contribution in [0.4, 0.5) is 4.39 Å². The molecular weight excluding hydrogens is 273 g/mol. The molecule has 0 saturated carbocycles. The van der Waals surface area contributed by atoms with Crippen molar-refractivity contribution >= 4 is 0 Å². The van der Waals surface area contributed by atoms with E-state index in [0.717, 1.165) is 31.5 Å². The Morgan fingerprint density at radius 1 is 1.24 bits per heavy atom. The maximum absolute atomic E-state index is 12.9. The number of aliphatic hydroxyl groups excluding tert-OH is 2. The van der Waals surface area contributed by atoms with Crippen LogP contribution in [0.5, 0.6) is 0 Å². The molecule has 1 aromatic rings. The Morgan fingerprint density at radius 2 is 1.90 bits per heavy atom. The number of benzene rings is 1. The number of piperidine rings is 1. The predicted octanol–water partition coefficient (Wildman–Crippen LogP) is 1.72. The summed E-state index contributed by atoms with van der Waals surface area (Å²) in [6, 6.07) is 6.01. The summed E-state index contributed by atoms with van der Waals surface area (Å²) in [6.45, 7) is 3.13. The maximum Gasteiger partial charge on any atom is 0.123 e. The minimum atomic E-state index is -0.586. The van der Waals surface area contributed by atoms with Gasteiger partial charge in [-0.25, -0.2) is 4.39 Å². The van der Waals surface area contributed by atoms with Crippen molar-refractivity contribution in [2.45, 2.75) is 31.5 Å². The molecule has 1 atom stereocenters. The van der Waals surface area contributed by atoms with Gasteiger partial charge < -0.3 is 19.8 Å². The van der Waals surface area contributed by atoms with Crippen molar-refractivity contribution in [3.8, 4) is 0 Å². The van der Waals surface area contributed by atoms with Crippen molar-refractivity contribution in [1.82, 2.24) is 4.90 Å². The van der Waals surface area contributed by atoms with E-state index in [1.54, 1.807) is 12.1 Å². The minimum Gasteiger partial charge on any atom is -0.396 e. The van der Waals surface area contributed by atoms with Crippen molar-refractivity contribution in [3.05, 3.63) is 35.6 Å². The van der Waals surface area contributed by atoms with E-state index in [0.29, 0.717) is 19.6 Å². The molecule has 4 nitrogen and oxygen atoms in total. The number of hydrogen-bond acceptors (Lipinski definition) is 4. The van der Waals surface area contributed by atoms with Crippen molar-refractivity contribution < 1.29 is 19.3 Å². The van der Waals surface area contributed by atoms with Crippen molar-refractivity contribution in [1.29, 1.82) is 0 Å². The average Bonchev–Trinajstić information content (AvgIpc) is 2.50. The van der Waals surface area contributed by atoms with Crippen LogP contribution in [0.1, 0.15) is 30.9 Å². The first-order chi connectivity index (χ1) is 10.2. The summed E-state index contributed by atoms with van der Waals surface area (Å²) >= 11 is 0. The first kappa shape index (κ1) is 16.4. The second-order valence-corrected chi connectivity index (χ2v) is 5.52. The van der Waals surface area contributed by atoms with Crippen LogP contribution in [0.15, 0.2) is 24.3 Å². The minimum absolute atomic E-state index is 0.169. The van der Waals surface area contributed by atoms with E-state index in [1.165, 1.54) is 12.1 Å². The molecule has 2 rings (SSSR count). The molecule has 1 aromatic carbocycles. The van der Waals surface area contributed by atoms with Gasteiger partial charge in [0.1, 0.15) is 5.82 Å². The zero-order valence-electron chi connectivity index (χ0n) is 12.2. The second kappa shape index (κ2) is 8.44. The number of β-amino-alcohol motifs (C(OH)–C–C–N with tert-alkyl or cyclic N) is 1. The Balaban J connectivity index is 1.71. The third-order valence-electron chi connectivity index (χ3n) is 3.88. The fourth-order valence-corrected chi connectivity index (χ4v) is 2.61. The highest BCUT2D eigenvalue weighted by Gasteiger charge is 2.21. The molecule has 1 aliphatic rings. The fraction of sp³-hybridized carbons (Fsp3) is 0.625. The van der Waals surface area contributed by atoms with Gasteiger partial charge >= 0.3 is 0 Å². The summed E-state index contributed by atoms with van der Waals surface area (Å²) in [6.07, 6.45) is 2.25. The van der Waals surface area contributed by atoms with Crippen molar-refractivity contribution in [2.24, 2.45) is 0 Å². The van der Waals surface area contributed by atoms with Gasteiger partial charge in [-0.05, 0) is 37.0 Å². The number of likely N-dealkylation sites (tertiary alicyclic amines) is 1. The molecule has 0 amide bonds. The molecule has 0 aliphatic carbocycles. The summed E-state index contributed by atoms with van der Waals surface area (Å²) in [5.74, 6) is -0.285. The molecule has 21 heavy (non-hydrogen) atoms. The molecule has 118 valence electrons. The molecule has 1 fully saturated rings. The lowest BCUT2D eigenvalue weighted by Crippen LogP contribution is -2.39. The smallest absolute Gasteiger partial charge is 0.123 e. The molecular formula is C16H24FNO3. The van der Waals surface area contributed by atoms with Crippen LogP contribution in [-0.2, 0) is 4.74 Å². The molecule has 1 aliphatic heterocycles. The van der Waals surface area contributed by atoms with Crippen LogP contribution in [0.2, 0.25) is 0 Å². The zero-order valence-corrected chi connectivity index (χ0v) is 12.2. The molecule has 0 radical (unpaired) electrons. The van der Waals surface area contributed by atoms with Gasteiger partial charge in [0.2, 0.25) is 0 Å². The van der Waals surface area contributed by atoms with Gasteiger partial charge in [0, 0.05) is 32.8 Å². The Hall–Kier alpha value is -1.01. The maximum atomic E-state index is 12.9. The molecule has 1 heterocycles. The summed E-state index contributed by atoms with van der Waals surface area (Å²) < 4.78 is 18.5. The SMILES string of the molecule is OCCCOC1CCN(CC(O)c2ccc(F)cc2)CC1. The number of hydrogen-bond donors (Lipinski definition) is 2. The first-order valence-electron chi connectivity index (χ1n) is 7.57. The van der Waals surface area contributed by atoms with Crippen LogP contribution < -0.4 is 0 Å². The molecule has 5 heteroatoms. The van der Waals surface area contributed by atoms with E-state index in [-0.39, 0.29) is 18.5 Å². The highest BCUT2D eigenvalue weighted by atomic mass is 19.1. The highest BCUT2D eigenvalue weighted by molar-refractivity contribution is 5.18. The van der Waals surface area contributed by atoms with E-state index in [4.69, 9.17) is 9.84 Å². The second-order valence-electron chi connectivity index (χ2n) is 5.52. The quantitative estimate of drug-likeness (QED) is 0.753. The number of nitrogens with zero attached hydrogens (tertiary/aromatic N) is 1. The largest absolute Gasteiger partial charge is 0.396 e. The average molecular weight is 297 g/mol. The molecule has 0 spiro atoms. The van der Waals surface area contributed by atoms with Crippen LogP contribution in [0.3, 0.4) is 0 Å². The Morgan fingerprint density at radius 3 is 2.52 bits per heavy atom. The van der Waals surface area contributed by atoms with Crippen LogP contribution in [-0.4, -0.2) is 54.1 Å². The lowest BCUT2D eigenvalue weighted by atomic mass is 10.0. The Kier molecular flexibility index (Phi) is 6.57. The Bertz CT molecular complexity index is 404. The number of rotatable bonds is 7. The first-order valence-corrected chi connectivity index (χ1v) is 7.57. The molecule has 2 N–H and O–H groups in total. The molecule has 0 aromatic heterocycles. The third kappa shape index (κ3) is 5.36. The highest BCUT2D eigenvalue weighted by Crippen LogP contribution is 2.19.